The number of nitrogens with zero attached hydrogens (tertiary/aromatic N) is 4. The number of benzene rings is 3. The molecule has 5 aromatic rings. The Labute approximate surface area is 302 Å². The SMILES string of the molecule is C#Cc1cccc(Nc2ncnc3cc(OCCOC)c(OCCOC)cc23)c1C.COCCOc1cc2ncnc(Cl)c2cc1OCCOC. The Hall–Kier alpha value is -4.97. The van der Waals surface area contributed by atoms with Crippen molar-refractivity contribution in [3.63, 3.8) is 0 Å². The standard InChI is InChI=1S/C23H25N3O4.C14H17ClN2O4/c1-5-17-7-6-8-19(16(17)2)26-23-18-13-21(29-11-9-27-3)22(30-12-10-28-4)14-20(18)24-15-25-23;1-18-3-5-20-12-7-10-11(16-9-17-14(10)15)8-13(12)21-6-4-19-2/h1,6-8,13-15H,9-12H2,2-4H3,(H,24,25,26);7-9H,3-6H2,1-2H3. The third-order valence-electron chi connectivity index (χ3n) is 7.28. The lowest BCUT2D eigenvalue weighted by Crippen LogP contribution is -2.09. The van der Waals surface area contributed by atoms with E-state index in [-0.39, 0.29) is 0 Å². The van der Waals surface area contributed by atoms with Crippen molar-refractivity contribution in [2.24, 2.45) is 0 Å². The van der Waals surface area contributed by atoms with Crippen LogP contribution in [0.4, 0.5) is 11.5 Å². The summed E-state index contributed by atoms with van der Waals surface area (Å²) in [5, 5.41) is 5.26. The fraction of sp³-hybridized carbons (Fsp3) is 0.351. The normalized spacial score (nSPS) is 10.7. The van der Waals surface area contributed by atoms with E-state index in [2.05, 4.69) is 31.2 Å². The van der Waals surface area contributed by atoms with Crippen molar-refractivity contribution in [2.45, 2.75) is 6.92 Å². The van der Waals surface area contributed by atoms with Gasteiger partial charge in [-0.2, -0.15) is 0 Å². The van der Waals surface area contributed by atoms with Gasteiger partial charge in [0.2, 0.25) is 0 Å². The van der Waals surface area contributed by atoms with Crippen LogP contribution in [0.25, 0.3) is 21.8 Å². The first kappa shape index (κ1) is 38.8. The molecule has 1 N–H and O–H groups in total. The number of hydrogen-bond acceptors (Lipinski definition) is 13. The van der Waals surface area contributed by atoms with Gasteiger partial charge in [-0.25, -0.2) is 19.9 Å². The summed E-state index contributed by atoms with van der Waals surface area (Å²) in [5.41, 5.74) is 4.11. The third-order valence-corrected chi connectivity index (χ3v) is 7.58. The van der Waals surface area contributed by atoms with E-state index in [1.807, 2.05) is 37.3 Å². The molecule has 0 saturated carbocycles. The van der Waals surface area contributed by atoms with Crippen LogP contribution in [0.5, 0.6) is 23.0 Å². The maximum Gasteiger partial charge on any atom is 0.163 e. The predicted molar refractivity (Wildman–Crippen MR) is 196 cm³/mol. The molecule has 0 atom stereocenters. The van der Waals surface area contributed by atoms with E-state index in [0.717, 1.165) is 27.7 Å². The molecule has 0 spiro atoms. The molecule has 0 saturated heterocycles. The second-order valence-electron chi connectivity index (χ2n) is 10.6. The highest BCUT2D eigenvalue weighted by atomic mass is 35.5. The quantitative estimate of drug-likeness (QED) is 0.0640. The number of halogens is 1. The van der Waals surface area contributed by atoms with Gasteiger partial charge in [-0.05, 0) is 36.8 Å². The topological polar surface area (TPSA) is 137 Å². The van der Waals surface area contributed by atoms with Crippen LogP contribution in [0.3, 0.4) is 0 Å². The van der Waals surface area contributed by atoms with Crippen molar-refractivity contribution >= 4 is 44.9 Å². The Morgan fingerprint density at radius 1 is 0.627 bits per heavy atom. The monoisotopic (exact) mass is 719 g/mol. The van der Waals surface area contributed by atoms with Gasteiger partial charge < -0.3 is 43.2 Å². The molecule has 2 heterocycles. The number of aromatic nitrogens is 4. The maximum absolute atomic E-state index is 6.08. The van der Waals surface area contributed by atoms with Crippen molar-refractivity contribution in [1.29, 1.82) is 0 Å². The van der Waals surface area contributed by atoms with Crippen LogP contribution < -0.4 is 24.3 Å². The molecule has 0 unspecified atom stereocenters. The molecule has 0 aliphatic carbocycles. The second kappa shape index (κ2) is 20.6. The van der Waals surface area contributed by atoms with Crippen molar-refractivity contribution in [3.8, 4) is 35.3 Å². The maximum atomic E-state index is 6.08. The predicted octanol–water partition coefficient (Wildman–Crippen LogP) is 6.05. The second-order valence-corrected chi connectivity index (χ2v) is 11.0. The molecule has 51 heavy (non-hydrogen) atoms. The Morgan fingerprint density at radius 3 is 1.61 bits per heavy atom. The largest absolute Gasteiger partial charge is 0.487 e. The van der Waals surface area contributed by atoms with E-state index < -0.39 is 0 Å². The average molecular weight is 720 g/mol. The summed E-state index contributed by atoms with van der Waals surface area (Å²) in [7, 11) is 6.49. The molecule has 270 valence electrons. The van der Waals surface area contributed by atoms with Crippen molar-refractivity contribution in [2.75, 3.05) is 86.6 Å². The Morgan fingerprint density at radius 2 is 1.10 bits per heavy atom. The van der Waals surface area contributed by atoms with Gasteiger partial charge in [0.1, 0.15) is 50.1 Å². The summed E-state index contributed by atoms with van der Waals surface area (Å²) >= 11 is 6.08. The van der Waals surface area contributed by atoms with Gasteiger partial charge in [-0.15, -0.1) is 6.42 Å². The Balaban J connectivity index is 0.000000244. The minimum atomic E-state index is 0.375. The van der Waals surface area contributed by atoms with Crippen molar-refractivity contribution in [1.82, 2.24) is 19.9 Å². The summed E-state index contributed by atoms with van der Waals surface area (Å²) in [4.78, 5) is 17.0. The fourth-order valence-corrected chi connectivity index (χ4v) is 4.84. The summed E-state index contributed by atoms with van der Waals surface area (Å²) in [6, 6.07) is 13.0. The van der Waals surface area contributed by atoms with E-state index in [4.69, 9.17) is 55.9 Å². The molecule has 5 rings (SSSR count). The van der Waals surface area contributed by atoms with Crippen molar-refractivity contribution in [3.05, 3.63) is 71.4 Å². The van der Waals surface area contributed by atoms with Crippen LogP contribution in [0, 0.1) is 19.3 Å². The van der Waals surface area contributed by atoms with Gasteiger partial charge in [-0.3, -0.25) is 0 Å². The van der Waals surface area contributed by atoms with E-state index >= 15 is 0 Å². The van der Waals surface area contributed by atoms with Crippen LogP contribution in [0.15, 0.2) is 55.1 Å². The lowest BCUT2D eigenvalue weighted by Gasteiger charge is -2.16. The smallest absolute Gasteiger partial charge is 0.163 e. The number of fused-ring (bicyclic) bond motifs is 2. The van der Waals surface area contributed by atoms with Crippen LogP contribution >= 0.6 is 11.6 Å². The molecular formula is C37H42ClN5O8. The number of methoxy groups -OCH3 is 4. The first-order valence-electron chi connectivity index (χ1n) is 16.0. The first-order chi connectivity index (χ1) is 24.9. The molecule has 0 radical (unpaired) electrons. The molecule has 0 bridgehead atoms. The van der Waals surface area contributed by atoms with Gasteiger partial charge in [0.15, 0.2) is 23.0 Å². The summed E-state index contributed by atoms with van der Waals surface area (Å²) in [6.45, 7) is 5.49. The molecule has 0 amide bonds. The van der Waals surface area contributed by atoms with E-state index in [0.29, 0.717) is 97.7 Å². The highest BCUT2D eigenvalue weighted by Gasteiger charge is 2.14. The first-order valence-corrected chi connectivity index (χ1v) is 16.3. The van der Waals surface area contributed by atoms with Crippen LogP contribution in [-0.4, -0.2) is 101 Å². The zero-order valence-corrected chi connectivity index (χ0v) is 30.1. The van der Waals surface area contributed by atoms with Crippen molar-refractivity contribution < 1.29 is 37.9 Å². The number of hydrogen-bond donors (Lipinski definition) is 1. The minimum absolute atomic E-state index is 0.375. The summed E-state index contributed by atoms with van der Waals surface area (Å²) in [6.07, 6.45) is 8.52. The number of rotatable bonds is 18. The zero-order valence-electron chi connectivity index (χ0n) is 29.4. The zero-order chi connectivity index (χ0) is 36.4. The molecule has 0 fully saturated rings. The van der Waals surface area contributed by atoms with Gasteiger partial charge in [-0.1, -0.05) is 23.6 Å². The fourth-order valence-electron chi connectivity index (χ4n) is 4.64. The molecular weight excluding hydrogens is 678 g/mol. The molecule has 2 aromatic heterocycles. The molecule has 14 heteroatoms. The van der Waals surface area contributed by atoms with Crippen LogP contribution in [0.1, 0.15) is 11.1 Å². The highest BCUT2D eigenvalue weighted by Crippen LogP contribution is 2.36. The molecule has 3 aromatic carbocycles. The van der Waals surface area contributed by atoms with Gasteiger partial charge in [0.25, 0.3) is 0 Å². The molecule has 13 nitrogen and oxygen atoms in total. The third kappa shape index (κ3) is 11.0. The molecule has 0 aliphatic rings. The highest BCUT2D eigenvalue weighted by molar-refractivity contribution is 6.34. The molecule has 0 aliphatic heterocycles. The van der Waals surface area contributed by atoms with Crippen LogP contribution in [-0.2, 0) is 18.9 Å². The Bertz CT molecular complexity index is 1910. The lowest BCUT2D eigenvalue weighted by atomic mass is 10.1. The van der Waals surface area contributed by atoms with E-state index in [1.165, 1.54) is 12.7 Å². The van der Waals surface area contributed by atoms with Gasteiger partial charge in [0.05, 0.1) is 37.5 Å². The summed E-state index contributed by atoms with van der Waals surface area (Å²) in [5.74, 6) is 5.69. The Kier molecular flexibility index (Phi) is 15.7. The van der Waals surface area contributed by atoms with E-state index in [1.54, 1.807) is 40.6 Å². The minimum Gasteiger partial charge on any atom is -0.487 e. The van der Waals surface area contributed by atoms with E-state index in [9.17, 15) is 0 Å². The van der Waals surface area contributed by atoms with Crippen LogP contribution in [0.2, 0.25) is 5.15 Å². The number of nitrogens with one attached hydrogen (secondary N) is 1. The summed E-state index contributed by atoms with van der Waals surface area (Å²) < 4.78 is 43.1. The van der Waals surface area contributed by atoms with Gasteiger partial charge >= 0.3 is 0 Å². The number of terminal acetylenes is 1. The van der Waals surface area contributed by atoms with Gasteiger partial charge in [0, 0.05) is 62.6 Å². The number of anilines is 2. The lowest BCUT2D eigenvalue weighted by molar-refractivity contribution is 0.132. The average Bonchev–Trinajstić information content (AvgIpc) is 3.14. The number of ether oxygens (including phenoxy) is 8.